The molecule has 0 spiro atoms. The molecule has 1 saturated heterocycles. The van der Waals surface area contributed by atoms with E-state index in [1.54, 1.807) is 6.07 Å². The summed E-state index contributed by atoms with van der Waals surface area (Å²) in [7, 11) is 1.31. The van der Waals surface area contributed by atoms with Crippen LogP contribution in [0.2, 0.25) is 0 Å². The number of nitrogens with one attached hydrogen (secondary N) is 1. The molecule has 5 unspecified atom stereocenters. The molecule has 154 valence electrons. The molecule has 0 radical (unpaired) electrons. The lowest BCUT2D eigenvalue weighted by Gasteiger charge is -2.39. The van der Waals surface area contributed by atoms with E-state index >= 15 is 0 Å². The molecule has 3 rings (SSSR count). The van der Waals surface area contributed by atoms with Gasteiger partial charge >= 0.3 is 0 Å². The molecule has 6 atom stereocenters. The second-order valence-electron chi connectivity index (χ2n) is 6.45. The summed E-state index contributed by atoms with van der Waals surface area (Å²) in [5.74, 6) is 0.281. The van der Waals surface area contributed by atoms with Crippen LogP contribution < -0.4 is 5.32 Å². The quantitative estimate of drug-likeness (QED) is 0.345. The van der Waals surface area contributed by atoms with Crippen LogP contribution in [-0.4, -0.2) is 99.3 Å². The van der Waals surface area contributed by atoms with Gasteiger partial charge in [-0.1, -0.05) is 12.1 Å². The number of aliphatic hydroxyl groups is 4. The fraction of sp³-hybridized carbons (Fsp3) is 0.588. The molecule has 1 aliphatic heterocycles. The third-order valence-corrected chi connectivity index (χ3v) is 4.35. The minimum Gasteiger partial charge on any atom is -0.389 e. The summed E-state index contributed by atoms with van der Waals surface area (Å²) in [6.07, 6.45) is -6.98. The van der Waals surface area contributed by atoms with Gasteiger partial charge in [-0.05, 0) is 12.1 Å². The second-order valence-corrected chi connectivity index (χ2v) is 6.45. The maximum Gasteiger partial charge on any atom is 0.243 e. The minimum absolute atomic E-state index is 0.0586. The lowest BCUT2D eigenvalue weighted by molar-refractivity contribution is -0.296. The molecule has 2 heterocycles. The maximum atomic E-state index is 10.0. The van der Waals surface area contributed by atoms with Crippen LogP contribution in [-0.2, 0) is 14.2 Å². The minimum atomic E-state index is -1.42. The number of methoxy groups -OCH3 is 1. The van der Waals surface area contributed by atoms with Gasteiger partial charge in [0.15, 0.2) is 6.29 Å². The molecule has 5 N–H and O–H groups in total. The second kappa shape index (κ2) is 9.47. The van der Waals surface area contributed by atoms with Crippen LogP contribution in [0.5, 0.6) is 0 Å². The topological polar surface area (TPSA) is 159 Å². The number of para-hydroxylation sites is 1. The van der Waals surface area contributed by atoms with E-state index in [0.29, 0.717) is 11.0 Å². The number of aliphatic hydroxyl groups excluding tert-OH is 4. The first-order chi connectivity index (χ1) is 13.5. The predicted octanol–water partition coefficient (Wildman–Crippen LogP) is -1.73. The van der Waals surface area contributed by atoms with E-state index in [0.717, 1.165) is 0 Å². The Morgan fingerprint density at radius 2 is 1.86 bits per heavy atom. The zero-order valence-electron chi connectivity index (χ0n) is 15.3. The highest BCUT2D eigenvalue weighted by Gasteiger charge is 2.43. The molecule has 1 fully saturated rings. The molecule has 1 aromatic heterocycles. The Bertz CT molecular complexity index is 765. The summed E-state index contributed by atoms with van der Waals surface area (Å²) < 4.78 is 15.6. The van der Waals surface area contributed by atoms with Crippen LogP contribution >= 0.6 is 0 Å². The van der Waals surface area contributed by atoms with Crippen LogP contribution in [0.4, 0.5) is 5.95 Å². The number of hydrogen-bond acceptors (Lipinski definition) is 11. The number of rotatable bonds is 8. The van der Waals surface area contributed by atoms with Crippen molar-refractivity contribution in [2.75, 3.05) is 32.2 Å². The Labute approximate surface area is 160 Å². The van der Waals surface area contributed by atoms with Crippen molar-refractivity contribution in [1.82, 2.24) is 15.2 Å². The zero-order valence-corrected chi connectivity index (χ0v) is 15.3. The molecule has 1 aromatic carbocycles. The Morgan fingerprint density at radius 1 is 1.11 bits per heavy atom. The molecule has 0 aliphatic carbocycles. The molecule has 0 amide bonds. The average Bonchev–Trinajstić information content (AvgIpc) is 2.72. The smallest absolute Gasteiger partial charge is 0.243 e. The highest BCUT2D eigenvalue weighted by atomic mass is 16.7. The first-order valence-electron chi connectivity index (χ1n) is 8.81. The van der Waals surface area contributed by atoms with Crippen LogP contribution in [0.25, 0.3) is 11.0 Å². The van der Waals surface area contributed by atoms with Gasteiger partial charge < -0.3 is 40.0 Å². The van der Waals surface area contributed by atoms with E-state index in [4.69, 9.17) is 14.2 Å². The van der Waals surface area contributed by atoms with Gasteiger partial charge in [-0.2, -0.15) is 0 Å². The number of aromatic nitrogens is 3. The molecule has 0 saturated carbocycles. The Kier molecular flexibility index (Phi) is 7.02. The summed E-state index contributed by atoms with van der Waals surface area (Å²) in [5, 5.41) is 50.4. The van der Waals surface area contributed by atoms with Crippen molar-refractivity contribution in [1.29, 1.82) is 0 Å². The van der Waals surface area contributed by atoms with Crippen molar-refractivity contribution in [3.8, 4) is 0 Å². The Morgan fingerprint density at radius 3 is 2.61 bits per heavy atom. The molecule has 2 aromatic rings. The van der Waals surface area contributed by atoms with Gasteiger partial charge in [0, 0.05) is 13.7 Å². The van der Waals surface area contributed by atoms with E-state index in [1.165, 1.54) is 7.11 Å². The van der Waals surface area contributed by atoms with Crippen molar-refractivity contribution in [2.45, 2.75) is 36.8 Å². The van der Waals surface area contributed by atoms with Crippen molar-refractivity contribution < 1.29 is 34.6 Å². The van der Waals surface area contributed by atoms with Crippen molar-refractivity contribution in [3.05, 3.63) is 24.3 Å². The van der Waals surface area contributed by atoms with Crippen molar-refractivity contribution >= 4 is 17.0 Å². The van der Waals surface area contributed by atoms with Crippen LogP contribution in [0.15, 0.2) is 24.3 Å². The molecule has 11 nitrogen and oxygen atoms in total. The maximum absolute atomic E-state index is 10.0. The first-order valence-corrected chi connectivity index (χ1v) is 8.81. The van der Waals surface area contributed by atoms with E-state index in [9.17, 15) is 20.4 Å². The summed E-state index contributed by atoms with van der Waals surface area (Å²) >= 11 is 0. The van der Waals surface area contributed by atoms with Gasteiger partial charge in [-0.15, -0.1) is 10.2 Å². The van der Waals surface area contributed by atoms with E-state index < -0.39 is 36.8 Å². The summed E-state index contributed by atoms with van der Waals surface area (Å²) in [6, 6.07) is 7.29. The fourth-order valence-electron chi connectivity index (χ4n) is 2.79. The number of fused-ring (bicyclic) bond motifs is 1. The third kappa shape index (κ3) is 4.89. The van der Waals surface area contributed by atoms with Crippen LogP contribution in [0.3, 0.4) is 0 Å². The summed E-state index contributed by atoms with van der Waals surface area (Å²) in [4.78, 5) is 4.29. The number of ether oxygens (including phenoxy) is 3. The molecule has 11 heteroatoms. The van der Waals surface area contributed by atoms with E-state index in [-0.39, 0.29) is 25.7 Å². The predicted molar refractivity (Wildman–Crippen MR) is 96.3 cm³/mol. The number of hydrogen-bond donors (Lipinski definition) is 5. The molecule has 0 bridgehead atoms. The van der Waals surface area contributed by atoms with Gasteiger partial charge in [0.1, 0.15) is 29.9 Å². The SMILES string of the molecule is COC1OC(COCC(O)CNc2nnc3ccccc3n2)C(O)[C@H](O)C1O. The Balaban J connectivity index is 1.43. The van der Waals surface area contributed by atoms with Gasteiger partial charge in [0.05, 0.1) is 24.8 Å². The lowest BCUT2D eigenvalue weighted by Crippen LogP contribution is -2.59. The normalized spacial score (nSPS) is 29.0. The number of nitrogens with zero attached hydrogens (tertiary/aromatic N) is 3. The highest BCUT2D eigenvalue weighted by Crippen LogP contribution is 2.22. The van der Waals surface area contributed by atoms with Crippen molar-refractivity contribution in [2.24, 2.45) is 0 Å². The Hall–Kier alpha value is -1.99. The zero-order chi connectivity index (χ0) is 20.1. The van der Waals surface area contributed by atoms with Gasteiger partial charge in [0.25, 0.3) is 0 Å². The fourth-order valence-corrected chi connectivity index (χ4v) is 2.79. The molecular weight excluding hydrogens is 372 g/mol. The number of anilines is 1. The van der Waals surface area contributed by atoms with Gasteiger partial charge in [-0.25, -0.2) is 4.98 Å². The van der Waals surface area contributed by atoms with Gasteiger partial charge in [-0.3, -0.25) is 0 Å². The van der Waals surface area contributed by atoms with Crippen LogP contribution in [0, 0.1) is 0 Å². The molecule has 28 heavy (non-hydrogen) atoms. The van der Waals surface area contributed by atoms with Crippen molar-refractivity contribution in [3.63, 3.8) is 0 Å². The largest absolute Gasteiger partial charge is 0.389 e. The average molecular weight is 396 g/mol. The lowest BCUT2D eigenvalue weighted by atomic mass is 9.99. The van der Waals surface area contributed by atoms with E-state index in [2.05, 4.69) is 20.5 Å². The first kappa shape index (κ1) is 20.7. The monoisotopic (exact) mass is 396 g/mol. The van der Waals surface area contributed by atoms with Gasteiger partial charge in [0.2, 0.25) is 5.95 Å². The third-order valence-electron chi connectivity index (χ3n) is 4.35. The number of benzene rings is 1. The van der Waals surface area contributed by atoms with E-state index in [1.807, 2.05) is 18.2 Å². The standard InChI is InChI=1S/C17H24N4O7/c1-26-16-15(25)14(24)13(23)12(28-16)8-27-7-9(22)6-18-17-19-10-4-2-3-5-11(10)20-21-17/h2-5,9,12-16,22-25H,6-8H2,1H3,(H,18,19,21)/t9?,12?,13?,14-,15?,16?/m0/s1. The highest BCUT2D eigenvalue weighted by molar-refractivity contribution is 5.73. The summed E-state index contributed by atoms with van der Waals surface area (Å²) in [5.41, 5.74) is 1.35. The van der Waals surface area contributed by atoms with Crippen LogP contribution in [0.1, 0.15) is 0 Å². The molecule has 1 aliphatic rings. The molecular formula is C17H24N4O7. The summed E-state index contributed by atoms with van der Waals surface area (Å²) in [6.45, 7) is -0.0388.